The number of ether oxygens (including phenoxy) is 1. The Morgan fingerprint density at radius 3 is 2.71 bits per heavy atom. The van der Waals surface area contributed by atoms with Gasteiger partial charge in [-0.3, -0.25) is 0 Å². The molecule has 1 fully saturated rings. The Morgan fingerprint density at radius 2 is 2.00 bits per heavy atom. The van der Waals surface area contributed by atoms with Crippen LogP contribution in [0.2, 0.25) is 0 Å². The van der Waals surface area contributed by atoms with E-state index in [-0.39, 0.29) is 0 Å². The zero-order valence-corrected chi connectivity index (χ0v) is 12.5. The Morgan fingerprint density at radius 1 is 1.24 bits per heavy atom. The van der Waals surface area contributed by atoms with Crippen LogP contribution in [0.25, 0.3) is 11.0 Å². The molecule has 0 amide bonds. The van der Waals surface area contributed by atoms with E-state index in [4.69, 9.17) is 15.5 Å². The largest absolute Gasteiger partial charge is 0.475 e. The lowest BCUT2D eigenvalue weighted by atomic mass is 10.0. The molecule has 1 atom stereocenters. The summed E-state index contributed by atoms with van der Waals surface area (Å²) in [6.45, 7) is 4.16. The molecule has 21 heavy (non-hydrogen) atoms. The Balaban J connectivity index is 2.07. The van der Waals surface area contributed by atoms with Crippen molar-refractivity contribution in [1.29, 1.82) is 0 Å². The number of hydrogen-bond donors (Lipinski definition) is 1. The van der Waals surface area contributed by atoms with Gasteiger partial charge < -0.3 is 15.4 Å². The minimum atomic E-state index is 0.327. The number of benzene rings is 1. The fourth-order valence-corrected chi connectivity index (χ4v) is 2.92. The first kappa shape index (κ1) is 14.1. The number of nitrogens with two attached hydrogens (primary N) is 1. The SMILES string of the molecule is CCOc1nc2ccccc2nc1N1CCCC[C@@H]1CN. The van der Waals surface area contributed by atoms with Gasteiger partial charge in [0.05, 0.1) is 17.6 Å². The van der Waals surface area contributed by atoms with Crippen LogP contribution in [0, 0.1) is 0 Å². The van der Waals surface area contributed by atoms with Crippen LogP contribution in [0.3, 0.4) is 0 Å². The second kappa shape index (κ2) is 6.26. The second-order valence-corrected chi connectivity index (χ2v) is 5.35. The van der Waals surface area contributed by atoms with E-state index in [0.717, 1.165) is 36.2 Å². The van der Waals surface area contributed by atoms with E-state index in [0.29, 0.717) is 25.1 Å². The maximum Gasteiger partial charge on any atom is 0.258 e. The van der Waals surface area contributed by atoms with Crippen molar-refractivity contribution in [3.63, 3.8) is 0 Å². The van der Waals surface area contributed by atoms with Gasteiger partial charge >= 0.3 is 0 Å². The number of fused-ring (bicyclic) bond motifs is 1. The molecule has 1 aliphatic heterocycles. The number of nitrogens with zero attached hydrogens (tertiary/aromatic N) is 3. The van der Waals surface area contributed by atoms with E-state index >= 15 is 0 Å². The summed E-state index contributed by atoms with van der Waals surface area (Å²) in [6.07, 6.45) is 3.50. The van der Waals surface area contributed by atoms with E-state index in [1.165, 1.54) is 6.42 Å². The van der Waals surface area contributed by atoms with Gasteiger partial charge in [0.1, 0.15) is 0 Å². The van der Waals surface area contributed by atoms with Crippen LogP contribution in [-0.4, -0.2) is 35.7 Å². The normalized spacial score (nSPS) is 19.0. The van der Waals surface area contributed by atoms with Crippen LogP contribution in [0.4, 0.5) is 5.82 Å². The molecule has 112 valence electrons. The summed E-state index contributed by atoms with van der Waals surface area (Å²) in [6, 6.07) is 8.23. The molecule has 5 nitrogen and oxygen atoms in total. The number of aromatic nitrogens is 2. The molecule has 0 radical (unpaired) electrons. The molecule has 2 aromatic rings. The van der Waals surface area contributed by atoms with Crippen LogP contribution in [-0.2, 0) is 0 Å². The molecule has 0 saturated carbocycles. The summed E-state index contributed by atoms with van der Waals surface area (Å²) >= 11 is 0. The highest BCUT2D eigenvalue weighted by Crippen LogP contribution is 2.31. The van der Waals surface area contributed by atoms with Gasteiger partial charge in [0, 0.05) is 19.1 Å². The molecular formula is C16H22N4O. The maximum absolute atomic E-state index is 5.94. The summed E-state index contributed by atoms with van der Waals surface area (Å²) in [5, 5.41) is 0. The number of piperidine rings is 1. The van der Waals surface area contributed by atoms with Gasteiger partial charge in [-0.05, 0) is 38.3 Å². The van der Waals surface area contributed by atoms with Gasteiger partial charge in [-0.15, -0.1) is 0 Å². The molecule has 2 N–H and O–H groups in total. The van der Waals surface area contributed by atoms with Crippen molar-refractivity contribution in [2.24, 2.45) is 5.73 Å². The van der Waals surface area contributed by atoms with Gasteiger partial charge in [-0.2, -0.15) is 0 Å². The number of hydrogen-bond acceptors (Lipinski definition) is 5. The lowest BCUT2D eigenvalue weighted by Gasteiger charge is -2.36. The van der Waals surface area contributed by atoms with Crippen molar-refractivity contribution in [1.82, 2.24) is 9.97 Å². The van der Waals surface area contributed by atoms with Crippen molar-refractivity contribution in [3.05, 3.63) is 24.3 Å². The summed E-state index contributed by atoms with van der Waals surface area (Å²) in [4.78, 5) is 11.7. The molecule has 5 heteroatoms. The fraction of sp³-hybridized carbons (Fsp3) is 0.500. The molecule has 3 rings (SSSR count). The van der Waals surface area contributed by atoms with Crippen molar-refractivity contribution in [2.45, 2.75) is 32.2 Å². The standard InChI is InChI=1S/C16H22N4O/c1-2-21-16-15(20-10-6-5-7-12(20)11-17)18-13-8-3-4-9-14(13)19-16/h3-4,8-9,12H,2,5-7,10-11,17H2,1H3/t12-/m1/s1. The molecule has 1 aromatic carbocycles. The van der Waals surface area contributed by atoms with Crippen LogP contribution < -0.4 is 15.4 Å². The highest BCUT2D eigenvalue weighted by Gasteiger charge is 2.26. The Bertz CT molecular complexity index is 616. The van der Waals surface area contributed by atoms with E-state index in [1.54, 1.807) is 0 Å². The van der Waals surface area contributed by atoms with Gasteiger partial charge in [0.15, 0.2) is 5.82 Å². The molecule has 2 heterocycles. The zero-order chi connectivity index (χ0) is 14.7. The number of para-hydroxylation sites is 2. The predicted octanol–water partition coefficient (Wildman–Crippen LogP) is 2.35. The molecule has 0 spiro atoms. The van der Waals surface area contributed by atoms with E-state index < -0.39 is 0 Å². The predicted molar refractivity (Wildman–Crippen MR) is 84.7 cm³/mol. The molecule has 1 aromatic heterocycles. The highest BCUT2D eigenvalue weighted by atomic mass is 16.5. The molecule has 0 aliphatic carbocycles. The first-order chi connectivity index (χ1) is 10.3. The third-order valence-electron chi connectivity index (χ3n) is 3.97. The second-order valence-electron chi connectivity index (χ2n) is 5.35. The molecular weight excluding hydrogens is 264 g/mol. The van der Waals surface area contributed by atoms with E-state index in [1.807, 2.05) is 31.2 Å². The maximum atomic E-state index is 5.94. The van der Waals surface area contributed by atoms with Crippen molar-refractivity contribution in [2.75, 3.05) is 24.6 Å². The van der Waals surface area contributed by atoms with E-state index in [9.17, 15) is 0 Å². The lowest BCUT2D eigenvalue weighted by Crippen LogP contribution is -2.44. The highest BCUT2D eigenvalue weighted by molar-refractivity contribution is 5.77. The van der Waals surface area contributed by atoms with Crippen molar-refractivity contribution >= 4 is 16.9 Å². The quantitative estimate of drug-likeness (QED) is 0.934. The summed E-state index contributed by atoms with van der Waals surface area (Å²) in [7, 11) is 0. The topological polar surface area (TPSA) is 64.3 Å². The van der Waals surface area contributed by atoms with Gasteiger partial charge in [0.2, 0.25) is 0 Å². The van der Waals surface area contributed by atoms with Gasteiger partial charge in [-0.25, -0.2) is 9.97 Å². The first-order valence-corrected chi connectivity index (χ1v) is 7.69. The molecule has 1 saturated heterocycles. The monoisotopic (exact) mass is 286 g/mol. The zero-order valence-electron chi connectivity index (χ0n) is 12.5. The smallest absolute Gasteiger partial charge is 0.258 e. The number of anilines is 1. The Labute approximate surface area is 125 Å². The van der Waals surface area contributed by atoms with Crippen LogP contribution in [0.5, 0.6) is 5.88 Å². The van der Waals surface area contributed by atoms with Crippen LogP contribution in [0.1, 0.15) is 26.2 Å². The fourth-order valence-electron chi connectivity index (χ4n) is 2.92. The van der Waals surface area contributed by atoms with Crippen molar-refractivity contribution in [3.8, 4) is 5.88 Å². The third-order valence-corrected chi connectivity index (χ3v) is 3.97. The van der Waals surface area contributed by atoms with Crippen LogP contribution >= 0.6 is 0 Å². The number of rotatable bonds is 4. The summed E-state index contributed by atoms with van der Waals surface area (Å²) in [5.41, 5.74) is 7.70. The lowest BCUT2D eigenvalue weighted by molar-refractivity contribution is 0.324. The average Bonchev–Trinajstić information content (AvgIpc) is 2.54. The summed E-state index contributed by atoms with van der Waals surface area (Å²) < 4.78 is 5.74. The average molecular weight is 286 g/mol. The minimum absolute atomic E-state index is 0.327. The van der Waals surface area contributed by atoms with Gasteiger partial charge in [-0.1, -0.05) is 12.1 Å². The molecule has 1 aliphatic rings. The van der Waals surface area contributed by atoms with E-state index in [2.05, 4.69) is 9.88 Å². The summed E-state index contributed by atoms with van der Waals surface area (Å²) in [5.74, 6) is 1.46. The first-order valence-electron chi connectivity index (χ1n) is 7.69. The molecule has 0 unspecified atom stereocenters. The van der Waals surface area contributed by atoms with Crippen molar-refractivity contribution < 1.29 is 4.74 Å². The Kier molecular flexibility index (Phi) is 4.20. The van der Waals surface area contributed by atoms with Crippen LogP contribution in [0.15, 0.2) is 24.3 Å². The molecule has 0 bridgehead atoms. The Hall–Kier alpha value is -1.88. The van der Waals surface area contributed by atoms with Gasteiger partial charge in [0.25, 0.3) is 5.88 Å². The third kappa shape index (κ3) is 2.78. The minimum Gasteiger partial charge on any atom is -0.475 e.